The zero-order valence-corrected chi connectivity index (χ0v) is 9.78. The third kappa shape index (κ3) is 2.75. The van der Waals surface area contributed by atoms with Gasteiger partial charge in [0.25, 0.3) is 0 Å². The van der Waals surface area contributed by atoms with Gasteiger partial charge in [0.1, 0.15) is 5.25 Å². The van der Waals surface area contributed by atoms with E-state index in [1.54, 1.807) is 0 Å². The second-order valence-electron chi connectivity index (χ2n) is 3.60. The molecule has 0 aromatic carbocycles. The van der Waals surface area contributed by atoms with Crippen LogP contribution in [0, 0.1) is 0 Å². The summed E-state index contributed by atoms with van der Waals surface area (Å²) in [5.74, 6) is 0.532. The molecule has 1 rings (SSSR count). The van der Waals surface area contributed by atoms with Crippen molar-refractivity contribution in [3.05, 3.63) is 11.7 Å². The zero-order valence-electron chi connectivity index (χ0n) is 8.97. The molecule has 2 unspecified atom stereocenters. The minimum Gasteiger partial charge on any atom is -0.338 e. The molecule has 0 saturated carbocycles. The predicted molar refractivity (Wildman–Crippen MR) is 55.0 cm³/mol. The van der Waals surface area contributed by atoms with Crippen LogP contribution in [0.3, 0.4) is 0 Å². The van der Waals surface area contributed by atoms with Gasteiger partial charge in [-0.15, -0.1) is 0 Å². The maximum Gasteiger partial charge on any atom is 0.244 e. The van der Waals surface area contributed by atoms with Crippen molar-refractivity contribution in [2.24, 2.45) is 5.73 Å². The van der Waals surface area contributed by atoms with E-state index < -0.39 is 15.1 Å². The Morgan fingerprint density at radius 1 is 1.47 bits per heavy atom. The standard InChI is InChI=1S/C8H15N3O3S/c1-5(4-9)7-10-8(14-11-7)6(2)15(3,12)13/h5-6H,4,9H2,1-3H3. The van der Waals surface area contributed by atoms with E-state index in [0.29, 0.717) is 12.4 Å². The van der Waals surface area contributed by atoms with Crippen LogP contribution in [-0.4, -0.2) is 31.4 Å². The first-order valence-electron chi connectivity index (χ1n) is 4.58. The summed E-state index contributed by atoms with van der Waals surface area (Å²) in [4.78, 5) is 4.01. The lowest BCUT2D eigenvalue weighted by Crippen LogP contribution is -2.11. The molecule has 0 saturated heterocycles. The van der Waals surface area contributed by atoms with E-state index in [1.807, 2.05) is 6.92 Å². The molecule has 0 fully saturated rings. The summed E-state index contributed by atoms with van der Waals surface area (Å²) in [5.41, 5.74) is 5.44. The largest absolute Gasteiger partial charge is 0.338 e. The first-order chi connectivity index (χ1) is 6.86. The van der Waals surface area contributed by atoms with Crippen molar-refractivity contribution in [2.75, 3.05) is 12.8 Å². The van der Waals surface area contributed by atoms with Gasteiger partial charge >= 0.3 is 0 Å². The molecule has 2 atom stereocenters. The number of hydrogen-bond donors (Lipinski definition) is 1. The molecule has 0 radical (unpaired) electrons. The molecular weight excluding hydrogens is 218 g/mol. The molecule has 0 aliphatic rings. The highest BCUT2D eigenvalue weighted by Gasteiger charge is 2.24. The summed E-state index contributed by atoms with van der Waals surface area (Å²) in [6.07, 6.45) is 1.13. The Morgan fingerprint density at radius 2 is 2.07 bits per heavy atom. The van der Waals surface area contributed by atoms with Gasteiger partial charge in [-0.25, -0.2) is 8.42 Å². The fourth-order valence-corrected chi connectivity index (χ4v) is 1.36. The van der Waals surface area contributed by atoms with Crippen LogP contribution < -0.4 is 5.73 Å². The lowest BCUT2D eigenvalue weighted by atomic mass is 10.2. The van der Waals surface area contributed by atoms with Gasteiger partial charge in [0.05, 0.1) is 0 Å². The first kappa shape index (κ1) is 12.1. The number of sulfone groups is 1. The maximum atomic E-state index is 11.2. The Kier molecular flexibility index (Phi) is 3.46. The van der Waals surface area contributed by atoms with Crippen molar-refractivity contribution in [2.45, 2.75) is 25.0 Å². The molecule has 0 aliphatic heterocycles. The SMILES string of the molecule is CC(CN)c1noc(C(C)S(C)(=O)=O)n1. The highest BCUT2D eigenvalue weighted by molar-refractivity contribution is 7.90. The summed E-state index contributed by atoms with van der Waals surface area (Å²) in [6, 6.07) is 0. The van der Waals surface area contributed by atoms with E-state index in [1.165, 1.54) is 6.92 Å². The van der Waals surface area contributed by atoms with E-state index in [0.717, 1.165) is 6.26 Å². The second kappa shape index (κ2) is 4.28. The summed E-state index contributed by atoms with van der Waals surface area (Å²) in [7, 11) is -3.20. The van der Waals surface area contributed by atoms with Gasteiger partial charge in [0.2, 0.25) is 5.89 Å². The van der Waals surface area contributed by atoms with Crippen LogP contribution in [-0.2, 0) is 9.84 Å². The van der Waals surface area contributed by atoms with Gasteiger partial charge in [-0.1, -0.05) is 12.1 Å². The third-order valence-corrected chi connectivity index (χ3v) is 3.73. The number of rotatable bonds is 4. The molecule has 0 bridgehead atoms. The van der Waals surface area contributed by atoms with Crippen LogP contribution in [0.1, 0.15) is 36.7 Å². The number of hydrogen-bond acceptors (Lipinski definition) is 6. The third-order valence-electron chi connectivity index (χ3n) is 2.24. The molecule has 7 heteroatoms. The van der Waals surface area contributed by atoms with Crippen molar-refractivity contribution in [3.63, 3.8) is 0 Å². The molecule has 6 nitrogen and oxygen atoms in total. The number of nitrogens with two attached hydrogens (primary N) is 1. The molecule has 1 heterocycles. The topological polar surface area (TPSA) is 99.1 Å². The Labute approximate surface area is 88.8 Å². The highest BCUT2D eigenvalue weighted by atomic mass is 32.2. The number of nitrogens with zero attached hydrogens (tertiary/aromatic N) is 2. The smallest absolute Gasteiger partial charge is 0.244 e. The van der Waals surface area contributed by atoms with Crippen molar-refractivity contribution in [1.82, 2.24) is 10.1 Å². The van der Waals surface area contributed by atoms with Crippen LogP contribution in [0.2, 0.25) is 0 Å². The van der Waals surface area contributed by atoms with E-state index in [4.69, 9.17) is 10.3 Å². The molecular formula is C8H15N3O3S. The monoisotopic (exact) mass is 233 g/mol. The quantitative estimate of drug-likeness (QED) is 0.799. The molecule has 86 valence electrons. The zero-order chi connectivity index (χ0) is 11.6. The minimum atomic E-state index is -3.20. The van der Waals surface area contributed by atoms with Gasteiger partial charge in [0, 0.05) is 18.7 Å². The van der Waals surface area contributed by atoms with Crippen LogP contribution in [0.5, 0.6) is 0 Å². The summed E-state index contributed by atoms with van der Waals surface area (Å²) >= 11 is 0. The van der Waals surface area contributed by atoms with Crippen molar-refractivity contribution in [1.29, 1.82) is 0 Å². The summed E-state index contributed by atoms with van der Waals surface area (Å²) in [6.45, 7) is 3.76. The maximum absolute atomic E-state index is 11.2. The first-order valence-corrected chi connectivity index (χ1v) is 6.54. The highest BCUT2D eigenvalue weighted by Crippen LogP contribution is 2.20. The normalized spacial score (nSPS) is 16.3. The molecule has 1 aromatic heterocycles. The van der Waals surface area contributed by atoms with Gasteiger partial charge < -0.3 is 10.3 Å². The lowest BCUT2D eigenvalue weighted by Gasteiger charge is -2.02. The molecule has 1 aromatic rings. The predicted octanol–water partition coefficient (Wildman–Crippen LogP) is 0.237. The Morgan fingerprint density at radius 3 is 2.53 bits per heavy atom. The second-order valence-corrected chi connectivity index (χ2v) is 5.97. The summed E-state index contributed by atoms with van der Waals surface area (Å²) < 4.78 is 27.3. The van der Waals surface area contributed by atoms with Gasteiger partial charge in [-0.05, 0) is 6.92 Å². The minimum absolute atomic E-state index is 0.0331. The van der Waals surface area contributed by atoms with Crippen molar-refractivity contribution < 1.29 is 12.9 Å². The van der Waals surface area contributed by atoms with Crippen LogP contribution in [0.25, 0.3) is 0 Å². The van der Waals surface area contributed by atoms with Gasteiger partial charge in [0.15, 0.2) is 15.7 Å². The van der Waals surface area contributed by atoms with Crippen molar-refractivity contribution in [3.8, 4) is 0 Å². The Balaban J connectivity index is 2.94. The number of aromatic nitrogens is 2. The van der Waals surface area contributed by atoms with Crippen LogP contribution >= 0.6 is 0 Å². The van der Waals surface area contributed by atoms with E-state index >= 15 is 0 Å². The Hall–Kier alpha value is -0.950. The Bertz CT molecular complexity index is 426. The average molecular weight is 233 g/mol. The average Bonchev–Trinajstić information content (AvgIpc) is 2.62. The molecule has 0 spiro atoms. The van der Waals surface area contributed by atoms with E-state index in [2.05, 4.69) is 10.1 Å². The molecule has 2 N–H and O–H groups in total. The fraction of sp³-hybridized carbons (Fsp3) is 0.750. The molecule has 0 aliphatic carbocycles. The van der Waals surface area contributed by atoms with Crippen LogP contribution in [0.15, 0.2) is 4.52 Å². The summed E-state index contributed by atoms with van der Waals surface area (Å²) in [5, 5.41) is 2.92. The fourth-order valence-electron chi connectivity index (χ4n) is 0.901. The van der Waals surface area contributed by atoms with E-state index in [-0.39, 0.29) is 11.8 Å². The van der Waals surface area contributed by atoms with Crippen molar-refractivity contribution >= 4 is 9.84 Å². The van der Waals surface area contributed by atoms with Gasteiger partial charge in [-0.2, -0.15) is 4.98 Å². The lowest BCUT2D eigenvalue weighted by molar-refractivity contribution is 0.369. The van der Waals surface area contributed by atoms with E-state index in [9.17, 15) is 8.42 Å². The van der Waals surface area contributed by atoms with Crippen LogP contribution in [0.4, 0.5) is 0 Å². The molecule has 0 amide bonds. The van der Waals surface area contributed by atoms with Gasteiger partial charge in [-0.3, -0.25) is 0 Å². The molecule has 15 heavy (non-hydrogen) atoms.